The summed E-state index contributed by atoms with van der Waals surface area (Å²) in [5, 5.41) is 11.5. The Morgan fingerprint density at radius 2 is 2.25 bits per heavy atom. The van der Waals surface area contributed by atoms with Crippen molar-refractivity contribution in [1.29, 1.82) is 5.26 Å². The fourth-order valence-electron chi connectivity index (χ4n) is 0.767. The van der Waals surface area contributed by atoms with Crippen molar-refractivity contribution in [2.75, 3.05) is 20.6 Å². The van der Waals surface area contributed by atoms with Crippen molar-refractivity contribution < 1.29 is 4.79 Å². The van der Waals surface area contributed by atoms with Crippen molar-refractivity contribution >= 4 is 5.91 Å². The quantitative estimate of drug-likeness (QED) is 0.642. The summed E-state index contributed by atoms with van der Waals surface area (Å²) in [6.07, 6.45) is 0.247. The molecule has 1 atom stereocenters. The lowest BCUT2D eigenvalue weighted by Crippen LogP contribution is -2.34. The van der Waals surface area contributed by atoms with E-state index in [-0.39, 0.29) is 18.4 Å². The molecule has 0 aromatic carbocycles. The standard InChI is InChI=1S/C8H15N3O/c1-4-10-7(6-9)5-8(12)11(2)3/h7,10H,4-5H2,1-3H3. The first-order chi connectivity index (χ1) is 5.61. The SMILES string of the molecule is CCNC(C#N)CC(=O)N(C)C. The van der Waals surface area contributed by atoms with Gasteiger partial charge in [-0.25, -0.2) is 0 Å². The normalized spacial score (nSPS) is 11.8. The average Bonchev–Trinajstić information content (AvgIpc) is 2.03. The molecule has 0 radical (unpaired) electrons. The second-order valence-corrected chi connectivity index (χ2v) is 2.73. The fourth-order valence-corrected chi connectivity index (χ4v) is 0.767. The summed E-state index contributed by atoms with van der Waals surface area (Å²) < 4.78 is 0. The summed E-state index contributed by atoms with van der Waals surface area (Å²) in [6.45, 7) is 2.61. The molecule has 1 unspecified atom stereocenters. The molecule has 4 heteroatoms. The van der Waals surface area contributed by atoms with Crippen LogP contribution in [0, 0.1) is 11.3 Å². The lowest BCUT2D eigenvalue weighted by molar-refractivity contribution is -0.128. The van der Waals surface area contributed by atoms with Gasteiger partial charge < -0.3 is 10.2 Å². The van der Waals surface area contributed by atoms with Gasteiger partial charge in [-0.1, -0.05) is 6.92 Å². The number of carbonyl (C=O) groups excluding carboxylic acids is 1. The number of carbonyl (C=O) groups is 1. The van der Waals surface area contributed by atoms with Crippen LogP contribution in [0.5, 0.6) is 0 Å². The van der Waals surface area contributed by atoms with Crippen molar-refractivity contribution in [3.63, 3.8) is 0 Å². The number of rotatable bonds is 4. The number of amides is 1. The van der Waals surface area contributed by atoms with Gasteiger partial charge in [-0.2, -0.15) is 5.26 Å². The number of nitrogens with zero attached hydrogens (tertiary/aromatic N) is 2. The minimum Gasteiger partial charge on any atom is -0.349 e. The molecular formula is C8H15N3O. The predicted octanol–water partition coefficient (Wildman–Crippen LogP) is -0.0336. The molecule has 0 aromatic rings. The highest BCUT2D eigenvalue weighted by Crippen LogP contribution is 1.93. The van der Waals surface area contributed by atoms with Crippen LogP contribution in [0.4, 0.5) is 0 Å². The van der Waals surface area contributed by atoms with Crippen LogP contribution in [-0.2, 0) is 4.79 Å². The molecule has 0 bridgehead atoms. The van der Waals surface area contributed by atoms with Crippen molar-refractivity contribution in [1.82, 2.24) is 10.2 Å². The summed E-state index contributed by atoms with van der Waals surface area (Å²) in [5.41, 5.74) is 0. The van der Waals surface area contributed by atoms with Crippen LogP contribution < -0.4 is 5.32 Å². The van der Waals surface area contributed by atoms with Crippen LogP contribution in [0.2, 0.25) is 0 Å². The number of hydrogen-bond donors (Lipinski definition) is 1. The van der Waals surface area contributed by atoms with Crippen LogP contribution in [0.1, 0.15) is 13.3 Å². The molecule has 68 valence electrons. The Kier molecular flexibility index (Phi) is 5.06. The molecular weight excluding hydrogens is 154 g/mol. The van der Waals surface area contributed by atoms with E-state index in [0.717, 1.165) is 0 Å². The molecule has 0 saturated heterocycles. The zero-order valence-corrected chi connectivity index (χ0v) is 7.79. The highest BCUT2D eigenvalue weighted by Gasteiger charge is 2.12. The second-order valence-electron chi connectivity index (χ2n) is 2.73. The third kappa shape index (κ3) is 3.94. The molecule has 0 aliphatic carbocycles. The van der Waals surface area contributed by atoms with Gasteiger partial charge in [0.1, 0.15) is 6.04 Å². The third-order valence-corrected chi connectivity index (χ3v) is 1.48. The summed E-state index contributed by atoms with van der Waals surface area (Å²) >= 11 is 0. The Morgan fingerprint density at radius 1 is 1.67 bits per heavy atom. The Bertz CT molecular complexity index is 183. The molecule has 12 heavy (non-hydrogen) atoms. The van der Waals surface area contributed by atoms with Crippen molar-refractivity contribution in [2.45, 2.75) is 19.4 Å². The molecule has 1 amide bonds. The highest BCUT2D eigenvalue weighted by molar-refractivity contribution is 5.76. The molecule has 0 aliphatic rings. The minimum atomic E-state index is -0.357. The van der Waals surface area contributed by atoms with Gasteiger partial charge in [0.15, 0.2) is 0 Å². The Labute approximate surface area is 73.2 Å². The topological polar surface area (TPSA) is 56.1 Å². The molecule has 0 heterocycles. The minimum absolute atomic E-state index is 0.0255. The van der Waals surface area contributed by atoms with E-state index in [4.69, 9.17) is 5.26 Å². The van der Waals surface area contributed by atoms with Crippen LogP contribution in [0.3, 0.4) is 0 Å². The van der Waals surface area contributed by atoms with E-state index in [0.29, 0.717) is 6.54 Å². The summed E-state index contributed by atoms with van der Waals surface area (Å²) in [6, 6.07) is 1.67. The van der Waals surface area contributed by atoms with Gasteiger partial charge in [-0.15, -0.1) is 0 Å². The van der Waals surface area contributed by atoms with Crippen molar-refractivity contribution in [2.24, 2.45) is 0 Å². The average molecular weight is 169 g/mol. The smallest absolute Gasteiger partial charge is 0.224 e. The van der Waals surface area contributed by atoms with E-state index in [9.17, 15) is 4.79 Å². The molecule has 1 N–H and O–H groups in total. The number of hydrogen-bond acceptors (Lipinski definition) is 3. The molecule has 0 rings (SSSR count). The maximum atomic E-state index is 11.1. The highest BCUT2D eigenvalue weighted by atomic mass is 16.2. The van der Waals surface area contributed by atoms with Gasteiger partial charge in [0.05, 0.1) is 12.5 Å². The van der Waals surface area contributed by atoms with Gasteiger partial charge in [0, 0.05) is 14.1 Å². The maximum Gasteiger partial charge on any atom is 0.224 e. The monoisotopic (exact) mass is 169 g/mol. The Hall–Kier alpha value is -1.08. The number of nitrogens with one attached hydrogen (secondary N) is 1. The van der Waals surface area contributed by atoms with Crippen molar-refractivity contribution in [3.05, 3.63) is 0 Å². The number of nitriles is 1. The lowest BCUT2D eigenvalue weighted by atomic mass is 10.2. The molecule has 0 spiro atoms. The van der Waals surface area contributed by atoms with E-state index >= 15 is 0 Å². The van der Waals surface area contributed by atoms with E-state index in [1.807, 2.05) is 13.0 Å². The van der Waals surface area contributed by atoms with E-state index in [1.54, 1.807) is 14.1 Å². The summed E-state index contributed by atoms with van der Waals surface area (Å²) in [7, 11) is 3.37. The zero-order valence-electron chi connectivity index (χ0n) is 7.79. The molecule has 0 aromatic heterocycles. The first kappa shape index (κ1) is 10.9. The summed E-state index contributed by atoms with van der Waals surface area (Å²) in [5.74, 6) is -0.0255. The van der Waals surface area contributed by atoms with Gasteiger partial charge in [0.25, 0.3) is 0 Å². The Balaban J connectivity index is 3.88. The van der Waals surface area contributed by atoms with E-state index < -0.39 is 0 Å². The predicted molar refractivity (Wildman–Crippen MR) is 46.4 cm³/mol. The first-order valence-corrected chi connectivity index (χ1v) is 3.95. The van der Waals surface area contributed by atoms with Gasteiger partial charge in [-0.05, 0) is 6.54 Å². The van der Waals surface area contributed by atoms with Gasteiger partial charge >= 0.3 is 0 Å². The molecule has 0 aliphatic heterocycles. The van der Waals surface area contributed by atoms with Crippen LogP contribution in [-0.4, -0.2) is 37.5 Å². The van der Waals surface area contributed by atoms with Crippen molar-refractivity contribution in [3.8, 4) is 6.07 Å². The van der Waals surface area contributed by atoms with Gasteiger partial charge in [-0.3, -0.25) is 4.79 Å². The fraction of sp³-hybridized carbons (Fsp3) is 0.750. The largest absolute Gasteiger partial charge is 0.349 e. The first-order valence-electron chi connectivity index (χ1n) is 3.95. The zero-order chi connectivity index (χ0) is 9.56. The molecule has 4 nitrogen and oxygen atoms in total. The van der Waals surface area contributed by atoms with Crippen LogP contribution in [0.15, 0.2) is 0 Å². The van der Waals surface area contributed by atoms with E-state index in [1.165, 1.54) is 4.90 Å². The van der Waals surface area contributed by atoms with Gasteiger partial charge in [0.2, 0.25) is 5.91 Å². The second kappa shape index (κ2) is 5.56. The third-order valence-electron chi connectivity index (χ3n) is 1.48. The van der Waals surface area contributed by atoms with Crippen LogP contribution >= 0.6 is 0 Å². The Morgan fingerprint density at radius 3 is 2.58 bits per heavy atom. The molecule has 0 saturated carbocycles. The van der Waals surface area contributed by atoms with Crippen LogP contribution in [0.25, 0.3) is 0 Å². The summed E-state index contributed by atoms with van der Waals surface area (Å²) in [4.78, 5) is 12.6. The molecule has 0 fully saturated rings. The maximum absolute atomic E-state index is 11.1. The van der Waals surface area contributed by atoms with E-state index in [2.05, 4.69) is 5.32 Å². The lowest BCUT2D eigenvalue weighted by Gasteiger charge is -2.13.